The van der Waals surface area contributed by atoms with Crippen LogP contribution in [0.5, 0.6) is 0 Å². The molecule has 0 atom stereocenters. The van der Waals surface area contributed by atoms with Gasteiger partial charge in [-0.3, -0.25) is 4.79 Å². The van der Waals surface area contributed by atoms with Crippen LogP contribution in [0.3, 0.4) is 0 Å². The molecule has 0 aromatic heterocycles. The first-order valence-electron chi connectivity index (χ1n) is 3.99. The Balaban J connectivity index is 3.90. The summed E-state index contributed by atoms with van der Waals surface area (Å²) in [5.41, 5.74) is -0.405. The average Bonchev–Trinajstić information content (AvgIpc) is 1.78. The van der Waals surface area contributed by atoms with Crippen LogP contribution < -0.4 is 0 Å². The molecule has 0 radical (unpaired) electrons. The van der Waals surface area contributed by atoms with Gasteiger partial charge < -0.3 is 4.74 Å². The van der Waals surface area contributed by atoms with E-state index in [9.17, 15) is 4.79 Å². The Bertz CT molecular complexity index is 162. The molecule has 0 fully saturated rings. The van der Waals surface area contributed by atoms with Crippen LogP contribution in [0.25, 0.3) is 0 Å². The van der Waals surface area contributed by atoms with Crippen LogP contribution in [0.15, 0.2) is 0 Å². The van der Waals surface area contributed by atoms with E-state index >= 15 is 0 Å². The van der Waals surface area contributed by atoms with Crippen LogP contribution >= 0.6 is 15.9 Å². The minimum atomic E-state index is -0.405. The Hall–Kier alpha value is -0.0500. The highest BCUT2D eigenvalue weighted by Crippen LogP contribution is 2.20. The maximum absolute atomic E-state index is 11.3. The summed E-state index contributed by atoms with van der Waals surface area (Å²) in [5.74, 6) is -0.157. The van der Waals surface area contributed by atoms with Crippen molar-refractivity contribution in [2.24, 2.45) is 5.41 Å². The molecule has 0 aliphatic carbocycles. The topological polar surface area (TPSA) is 26.3 Å². The summed E-state index contributed by atoms with van der Waals surface area (Å²) in [5, 5.41) is 0. The van der Waals surface area contributed by atoms with E-state index in [0.29, 0.717) is 6.61 Å². The smallest absolute Gasteiger partial charge is 0.311 e. The fraction of sp³-hybridized carbons (Fsp3) is 0.889. The number of carbonyl (C=O) groups is 1. The lowest BCUT2D eigenvalue weighted by Crippen LogP contribution is -2.28. The van der Waals surface area contributed by atoms with Crippen LogP contribution in [0.1, 0.15) is 34.6 Å². The predicted octanol–water partition coefficient (Wildman–Crippen LogP) is 2.75. The van der Waals surface area contributed by atoms with Gasteiger partial charge in [-0.2, -0.15) is 0 Å². The Kier molecular flexibility index (Phi) is 3.76. The number of halogens is 1. The molecule has 0 unspecified atom stereocenters. The van der Waals surface area contributed by atoms with Gasteiger partial charge >= 0.3 is 5.97 Å². The van der Waals surface area contributed by atoms with Crippen molar-refractivity contribution in [3.63, 3.8) is 0 Å². The Morgan fingerprint density at radius 2 is 1.67 bits per heavy atom. The monoisotopic (exact) mass is 236 g/mol. The molecule has 0 N–H and O–H groups in total. The van der Waals surface area contributed by atoms with E-state index in [4.69, 9.17) is 4.74 Å². The van der Waals surface area contributed by atoms with Gasteiger partial charge in [-0.15, -0.1) is 0 Å². The molecular formula is C9H17BrO2. The fourth-order valence-corrected chi connectivity index (χ4v) is 0.568. The Morgan fingerprint density at radius 1 is 1.25 bits per heavy atom. The molecule has 0 saturated carbocycles. The van der Waals surface area contributed by atoms with Crippen molar-refractivity contribution in [3.05, 3.63) is 0 Å². The first kappa shape index (κ1) is 11.9. The van der Waals surface area contributed by atoms with Crippen molar-refractivity contribution in [2.45, 2.75) is 38.9 Å². The van der Waals surface area contributed by atoms with Crippen LogP contribution in [0.2, 0.25) is 0 Å². The molecule has 0 bridgehead atoms. The number of esters is 1. The number of ether oxygens (including phenoxy) is 1. The maximum Gasteiger partial charge on any atom is 0.311 e. The van der Waals surface area contributed by atoms with E-state index in [2.05, 4.69) is 15.9 Å². The summed E-state index contributed by atoms with van der Waals surface area (Å²) in [6.07, 6.45) is 0. The molecule has 72 valence electrons. The molecule has 2 nitrogen and oxygen atoms in total. The number of alkyl halides is 1. The molecule has 0 amide bonds. The van der Waals surface area contributed by atoms with Gasteiger partial charge in [-0.05, 0) is 34.6 Å². The molecule has 0 aromatic carbocycles. The van der Waals surface area contributed by atoms with E-state index in [1.165, 1.54) is 0 Å². The molecule has 0 aliphatic rings. The standard InChI is InChI=1S/C9H17BrO2/c1-8(2,3)7(11)12-6-9(4,5)10/h6H2,1-5H3. The molecule has 0 heterocycles. The van der Waals surface area contributed by atoms with Crippen LogP contribution in [0.4, 0.5) is 0 Å². The van der Waals surface area contributed by atoms with Gasteiger partial charge in [0.1, 0.15) is 6.61 Å². The first-order valence-corrected chi connectivity index (χ1v) is 4.78. The van der Waals surface area contributed by atoms with Crippen molar-refractivity contribution in [1.82, 2.24) is 0 Å². The third kappa shape index (κ3) is 5.58. The molecular weight excluding hydrogens is 220 g/mol. The van der Waals surface area contributed by atoms with Crippen molar-refractivity contribution in [1.29, 1.82) is 0 Å². The molecule has 0 aromatic rings. The third-order valence-corrected chi connectivity index (χ3v) is 1.39. The van der Waals surface area contributed by atoms with E-state index in [1.807, 2.05) is 34.6 Å². The Labute approximate surface area is 82.8 Å². The van der Waals surface area contributed by atoms with Gasteiger partial charge in [-0.1, -0.05) is 15.9 Å². The van der Waals surface area contributed by atoms with Crippen molar-refractivity contribution in [2.75, 3.05) is 6.61 Å². The van der Waals surface area contributed by atoms with Crippen LogP contribution in [0, 0.1) is 5.41 Å². The lowest BCUT2D eigenvalue weighted by atomic mass is 9.97. The zero-order chi connectivity index (χ0) is 9.99. The predicted molar refractivity (Wildman–Crippen MR) is 53.4 cm³/mol. The second-order valence-electron chi connectivity index (χ2n) is 4.54. The second-order valence-corrected chi connectivity index (χ2v) is 6.69. The van der Waals surface area contributed by atoms with E-state index in [1.54, 1.807) is 0 Å². The molecule has 3 heteroatoms. The molecule has 0 aliphatic heterocycles. The fourth-order valence-electron chi connectivity index (χ4n) is 0.454. The summed E-state index contributed by atoms with van der Waals surface area (Å²) >= 11 is 3.40. The van der Waals surface area contributed by atoms with Crippen LogP contribution in [-0.2, 0) is 9.53 Å². The molecule has 0 spiro atoms. The van der Waals surface area contributed by atoms with Gasteiger partial charge in [-0.25, -0.2) is 0 Å². The quantitative estimate of drug-likeness (QED) is 0.545. The highest BCUT2D eigenvalue weighted by Gasteiger charge is 2.25. The average molecular weight is 237 g/mol. The number of rotatable bonds is 2. The summed E-state index contributed by atoms with van der Waals surface area (Å²) in [6, 6.07) is 0. The van der Waals surface area contributed by atoms with Crippen LogP contribution in [-0.4, -0.2) is 16.9 Å². The van der Waals surface area contributed by atoms with E-state index < -0.39 is 5.41 Å². The van der Waals surface area contributed by atoms with E-state index in [-0.39, 0.29) is 10.3 Å². The summed E-state index contributed by atoms with van der Waals surface area (Å²) in [6.45, 7) is 9.86. The largest absolute Gasteiger partial charge is 0.464 e. The van der Waals surface area contributed by atoms with Crippen molar-refractivity contribution >= 4 is 21.9 Å². The van der Waals surface area contributed by atoms with Crippen molar-refractivity contribution in [3.8, 4) is 0 Å². The highest BCUT2D eigenvalue weighted by molar-refractivity contribution is 9.10. The molecule has 0 saturated heterocycles. The first-order chi connectivity index (χ1) is 5.13. The maximum atomic E-state index is 11.3. The third-order valence-electron chi connectivity index (χ3n) is 1.16. The van der Waals surface area contributed by atoms with Gasteiger partial charge in [0.2, 0.25) is 0 Å². The summed E-state index contributed by atoms with van der Waals surface area (Å²) in [4.78, 5) is 11.3. The second kappa shape index (κ2) is 3.77. The zero-order valence-electron chi connectivity index (χ0n) is 8.40. The minimum Gasteiger partial charge on any atom is -0.464 e. The van der Waals surface area contributed by atoms with Gasteiger partial charge in [0, 0.05) is 0 Å². The highest BCUT2D eigenvalue weighted by atomic mass is 79.9. The minimum absolute atomic E-state index is 0.131. The zero-order valence-corrected chi connectivity index (χ0v) is 9.99. The lowest BCUT2D eigenvalue weighted by Gasteiger charge is -2.21. The van der Waals surface area contributed by atoms with E-state index in [0.717, 1.165) is 0 Å². The van der Waals surface area contributed by atoms with Gasteiger partial charge in [0.05, 0.1) is 9.74 Å². The summed E-state index contributed by atoms with van der Waals surface area (Å²) in [7, 11) is 0. The Morgan fingerprint density at radius 3 is 1.92 bits per heavy atom. The number of hydrogen-bond donors (Lipinski definition) is 0. The molecule has 0 rings (SSSR count). The lowest BCUT2D eigenvalue weighted by molar-refractivity contribution is -0.153. The SMILES string of the molecule is CC(C)(Br)COC(=O)C(C)(C)C. The normalized spacial score (nSPS) is 12.8. The summed E-state index contributed by atoms with van der Waals surface area (Å²) < 4.78 is 4.95. The van der Waals surface area contributed by atoms with Crippen molar-refractivity contribution < 1.29 is 9.53 Å². The molecule has 12 heavy (non-hydrogen) atoms. The number of hydrogen-bond acceptors (Lipinski definition) is 2. The van der Waals surface area contributed by atoms with Gasteiger partial charge in [0.15, 0.2) is 0 Å². The van der Waals surface area contributed by atoms with Gasteiger partial charge in [0.25, 0.3) is 0 Å². The number of carbonyl (C=O) groups excluding carboxylic acids is 1.